The Kier molecular flexibility index (Phi) is 4.96. The Morgan fingerprint density at radius 3 is 2.96 bits per heavy atom. The van der Waals surface area contributed by atoms with Crippen LogP contribution in [0.5, 0.6) is 0 Å². The lowest BCUT2D eigenvalue weighted by molar-refractivity contribution is -0.132. The van der Waals surface area contributed by atoms with E-state index < -0.39 is 17.5 Å². The molecule has 1 aliphatic rings. The zero-order chi connectivity index (χ0) is 17.3. The first-order valence-corrected chi connectivity index (χ1v) is 8.15. The third-order valence-corrected chi connectivity index (χ3v) is 4.56. The highest BCUT2D eigenvalue weighted by molar-refractivity contribution is 6.30. The van der Waals surface area contributed by atoms with Crippen LogP contribution in [-0.2, 0) is 24.3 Å². The molecule has 0 aliphatic carbocycles. The molecule has 3 rings (SSSR count). The van der Waals surface area contributed by atoms with Crippen molar-refractivity contribution in [2.75, 3.05) is 5.88 Å². The fraction of sp³-hybridized carbons (Fsp3) is 0.429. The van der Waals surface area contributed by atoms with Crippen LogP contribution in [0.3, 0.4) is 0 Å². The first-order chi connectivity index (χ1) is 11.5. The van der Waals surface area contributed by atoms with Crippen LogP contribution in [0.1, 0.15) is 17.8 Å². The standard InChI is InChI=1S/C14H13Cl2F2N5O/c15-6-13(24)22(7-9-11(17)2-1-10(16)14(9)18)8-3-4-23-12(5-8)19-20-21-23/h1-2,8H,3-7H2. The molecule has 2 aromatic rings. The van der Waals surface area contributed by atoms with Gasteiger partial charge in [-0.2, -0.15) is 0 Å². The summed E-state index contributed by atoms with van der Waals surface area (Å²) in [5.74, 6) is -1.72. The van der Waals surface area contributed by atoms with E-state index in [1.165, 1.54) is 4.90 Å². The number of tetrazole rings is 1. The first kappa shape index (κ1) is 17.0. The minimum Gasteiger partial charge on any atom is -0.334 e. The number of carbonyl (C=O) groups excluding carboxylic acids is 1. The number of aryl methyl sites for hydroxylation is 1. The predicted molar refractivity (Wildman–Crippen MR) is 82.6 cm³/mol. The van der Waals surface area contributed by atoms with E-state index in [4.69, 9.17) is 23.2 Å². The van der Waals surface area contributed by atoms with Crippen LogP contribution in [0, 0.1) is 11.6 Å². The van der Waals surface area contributed by atoms with Gasteiger partial charge in [-0.25, -0.2) is 13.5 Å². The molecule has 1 aromatic heterocycles. The van der Waals surface area contributed by atoms with Crippen molar-refractivity contribution < 1.29 is 13.6 Å². The molecule has 0 saturated carbocycles. The average Bonchev–Trinajstić information content (AvgIpc) is 3.05. The summed E-state index contributed by atoms with van der Waals surface area (Å²) in [4.78, 5) is 13.6. The van der Waals surface area contributed by atoms with Crippen LogP contribution in [0.4, 0.5) is 8.78 Å². The van der Waals surface area contributed by atoms with Crippen molar-refractivity contribution in [3.63, 3.8) is 0 Å². The minimum atomic E-state index is -0.871. The lowest BCUT2D eigenvalue weighted by atomic mass is 10.0. The Balaban J connectivity index is 1.89. The Hall–Kier alpha value is -1.80. The maximum absolute atomic E-state index is 14.2. The second-order valence-electron chi connectivity index (χ2n) is 5.44. The Labute approximate surface area is 146 Å². The smallest absolute Gasteiger partial charge is 0.238 e. The molecule has 0 radical (unpaired) electrons. The van der Waals surface area contributed by atoms with Gasteiger partial charge in [0, 0.05) is 24.6 Å². The maximum Gasteiger partial charge on any atom is 0.238 e. The van der Waals surface area contributed by atoms with E-state index in [2.05, 4.69) is 15.5 Å². The molecule has 2 heterocycles. The number of nitrogens with zero attached hydrogens (tertiary/aromatic N) is 5. The van der Waals surface area contributed by atoms with E-state index in [1.807, 2.05) is 0 Å². The van der Waals surface area contributed by atoms with Crippen LogP contribution in [0.25, 0.3) is 0 Å². The van der Waals surface area contributed by atoms with E-state index in [-0.39, 0.29) is 29.1 Å². The SMILES string of the molecule is O=C(CCl)N(Cc1c(F)ccc(Cl)c1F)C1CCn2nnnc2C1. The molecule has 1 aliphatic heterocycles. The minimum absolute atomic E-state index is 0.197. The number of carbonyl (C=O) groups is 1. The summed E-state index contributed by atoms with van der Waals surface area (Å²) in [6.45, 7) is 0.260. The molecule has 1 aromatic carbocycles. The van der Waals surface area contributed by atoms with Crippen LogP contribution >= 0.6 is 23.2 Å². The van der Waals surface area contributed by atoms with E-state index in [0.29, 0.717) is 25.2 Å². The molecule has 10 heteroatoms. The third-order valence-electron chi connectivity index (χ3n) is 4.04. The molecule has 0 N–H and O–H groups in total. The first-order valence-electron chi connectivity index (χ1n) is 7.24. The van der Waals surface area contributed by atoms with Crippen molar-refractivity contribution in [3.05, 3.63) is 40.2 Å². The summed E-state index contributed by atoms with van der Waals surface area (Å²) in [6, 6.07) is 1.91. The summed E-state index contributed by atoms with van der Waals surface area (Å²) in [5, 5.41) is 11.1. The predicted octanol–water partition coefficient (Wildman–Crippen LogP) is 2.19. The van der Waals surface area contributed by atoms with Crippen LogP contribution in [0.2, 0.25) is 5.02 Å². The van der Waals surface area contributed by atoms with Crippen molar-refractivity contribution in [1.82, 2.24) is 25.1 Å². The summed E-state index contributed by atoms with van der Waals surface area (Å²) < 4.78 is 29.8. The van der Waals surface area contributed by atoms with Crippen LogP contribution < -0.4 is 0 Å². The van der Waals surface area contributed by atoms with Gasteiger partial charge in [0.2, 0.25) is 5.91 Å². The third kappa shape index (κ3) is 3.21. The van der Waals surface area contributed by atoms with Gasteiger partial charge in [-0.3, -0.25) is 4.79 Å². The zero-order valence-corrected chi connectivity index (χ0v) is 13.9. The number of aromatic nitrogens is 4. The quantitative estimate of drug-likeness (QED) is 0.606. The number of halogens is 4. The molecule has 1 atom stereocenters. The van der Waals surface area contributed by atoms with Gasteiger partial charge in [0.05, 0.1) is 11.6 Å². The second kappa shape index (κ2) is 6.98. The van der Waals surface area contributed by atoms with E-state index in [9.17, 15) is 13.6 Å². The zero-order valence-electron chi connectivity index (χ0n) is 12.4. The van der Waals surface area contributed by atoms with Crippen LogP contribution in [0.15, 0.2) is 12.1 Å². The molecule has 0 bridgehead atoms. The van der Waals surface area contributed by atoms with Gasteiger partial charge in [-0.15, -0.1) is 16.7 Å². The van der Waals surface area contributed by atoms with Gasteiger partial charge in [0.15, 0.2) is 5.82 Å². The number of amides is 1. The molecule has 128 valence electrons. The van der Waals surface area contributed by atoms with Crippen molar-refractivity contribution in [1.29, 1.82) is 0 Å². The van der Waals surface area contributed by atoms with Gasteiger partial charge in [0.1, 0.15) is 17.5 Å². The average molecular weight is 376 g/mol. The molecule has 0 saturated heterocycles. The summed E-state index contributed by atoms with van der Waals surface area (Å²) in [5.41, 5.74) is -0.258. The highest BCUT2D eigenvalue weighted by atomic mass is 35.5. The number of rotatable bonds is 4. The van der Waals surface area contributed by atoms with Crippen molar-refractivity contribution in [2.45, 2.75) is 32.0 Å². The number of alkyl halides is 1. The molecule has 6 nitrogen and oxygen atoms in total. The van der Waals surface area contributed by atoms with Crippen molar-refractivity contribution >= 4 is 29.1 Å². The monoisotopic (exact) mass is 375 g/mol. The highest BCUT2D eigenvalue weighted by Gasteiger charge is 2.30. The Morgan fingerprint density at radius 1 is 1.42 bits per heavy atom. The van der Waals surface area contributed by atoms with Gasteiger partial charge in [-0.05, 0) is 29.0 Å². The van der Waals surface area contributed by atoms with Crippen LogP contribution in [-0.4, -0.2) is 42.9 Å². The molecular formula is C14H13Cl2F2N5O. The lowest BCUT2D eigenvalue weighted by Gasteiger charge is -2.33. The number of fused-ring (bicyclic) bond motifs is 1. The fourth-order valence-electron chi connectivity index (χ4n) is 2.78. The summed E-state index contributed by atoms with van der Waals surface area (Å²) >= 11 is 11.4. The molecule has 24 heavy (non-hydrogen) atoms. The normalized spacial score (nSPS) is 16.8. The van der Waals surface area contributed by atoms with Crippen molar-refractivity contribution in [2.24, 2.45) is 0 Å². The Morgan fingerprint density at radius 2 is 2.21 bits per heavy atom. The molecular weight excluding hydrogens is 363 g/mol. The largest absolute Gasteiger partial charge is 0.334 e. The second-order valence-corrected chi connectivity index (χ2v) is 6.12. The molecule has 0 fully saturated rings. The maximum atomic E-state index is 14.2. The van der Waals surface area contributed by atoms with E-state index >= 15 is 0 Å². The van der Waals surface area contributed by atoms with Crippen molar-refractivity contribution in [3.8, 4) is 0 Å². The fourth-order valence-corrected chi connectivity index (χ4v) is 3.11. The van der Waals surface area contributed by atoms with Gasteiger partial charge >= 0.3 is 0 Å². The highest BCUT2D eigenvalue weighted by Crippen LogP contribution is 2.25. The summed E-state index contributed by atoms with van der Waals surface area (Å²) in [6.07, 6.45) is 0.948. The van der Waals surface area contributed by atoms with Gasteiger partial charge in [-0.1, -0.05) is 11.6 Å². The molecule has 1 unspecified atom stereocenters. The Bertz CT molecular complexity index is 770. The topological polar surface area (TPSA) is 63.9 Å². The number of benzene rings is 1. The van der Waals surface area contributed by atoms with Gasteiger partial charge < -0.3 is 4.90 Å². The van der Waals surface area contributed by atoms with Gasteiger partial charge in [0.25, 0.3) is 0 Å². The number of hydrogen-bond acceptors (Lipinski definition) is 4. The lowest BCUT2D eigenvalue weighted by Crippen LogP contribution is -2.45. The molecule has 0 spiro atoms. The summed E-state index contributed by atoms with van der Waals surface area (Å²) in [7, 11) is 0. The number of hydrogen-bond donors (Lipinski definition) is 0. The van der Waals surface area contributed by atoms with E-state index in [0.717, 1.165) is 12.1 Å². The van der Waals surface area contributed by atoms with E-state index in [1.54, 1.807) is 4.68 Å². The molecule has 1 amide bonds.